The summed E-state index contributed by atoms with van der Waals surface area (Å²) in [4.78, 5) is 0. The summed E-state index contributed by atoms with van der Waals surface area (Å²) in [5, 5.41) is 1.31. The summed E-state index contributed by atoms with van der Waals surface area (Å²) in [5.41, 5.74) is 0. The second kappa shape index (κ2) is 20.5. The summed E-state index contributed by atoms with van der Waals surface area (Å²) in [5.74, 6) is 1.47. The van der Waals surface area contributed by atoms with E-state index >= 15 is 0 Å². The zero-order valence-corrected chi connectivity index (χ0v) is 28.8. The van der Waals surface area contributed by atoms with Crippen LogP contribution in [-0.2, 0) is 38.9 Å². The summed E-state index contributed by atoms with van der Waals surface area (Å²) in [6.45, 7) is 1.92. The van der Waals surface area contributed by atoms with Gasteiger partial charge in [0, 0.05) is 10.0 Å². The molecule has 0 N–H and O–H groups in total. The predicted octanol–water partition coefficient (Wildman–Crippen LogP) is 13.3. The molecule has 0 aliphatic heterocycles. The van der Waals surface area contributed by atoms with E-state index in [2.05, 4.69) is 0 Å². The molecule has 47 heavy (non-hydrogen) atoms. The Morgan fingerprint density at radius 1 is 0.426 bits per heavy atom. The first kappa shape index (κ1) is 51.0. The van der Waals surface area contributed by atoms with Crippen molar-refractivity contribution in [1.82, 2.24) is 0 Å². The van der Waals surface area contributed by atoms with Gasteiger partial charge in [-0.2, -0.15) is 0 Å². The molecule has 2 saturated carbocycles. The van der Waals surface area contributed by atoms with Gasteiger partial charge >= 0.3 is 100 Å². The third-order valence-corrected chi connectivity index (χ3v) is 4.17. The Hall–Kier alpha value is -0.361. The molecule has 3 nitrogen and oxygen atoms in total. The fourth-order valence-corrected chi connectivity index (χ4v) is 2.65. The van der Waals surface area contributed by atoms with Crippen LogP contribution >= 0.6 is 38.8 Å². The van der Waals surface area contributed by atoms with Crippen LogP contribution in [0.25, 0.3) is 0 Å². The third kappa shape index (κ3) is 55.3. The minimum absolute atomic E-state index is 0. The fraction of sp³-hybridized carbons (Fsp3) is 0.154. The van der Waals surface area contributed by atoms with Crippen LogP contribution in [-0.4, -0.2) is 26.4 Å². The quantitative estimate of drug-likeness (QED) is 0.115. The summed E-state index contributed by atoms with van der Waals surface area (Å²) in [6, 6.07) is 14.5. The molecule has 2 aliphatic carbocycles. The molecule has 0 atom stereocenters. The van der Waals surface area contributed by atoms with Crippen molar-refractivity contribution in [2.75, 3.05) is 26.4 Å². The average molecular weight is 859 g/mol. The van der Waals surface area contributed by atoms with Crippen molar-refractivity contribution in [1.29, 1.82) is 0 Å². The topological polar surface area (TPSA) is 27.7 Å². The Kier molecular flexibility index (Phi) is 22.2. The molecule has 2 aromatic rings. The Morgan fingerprint density at radius 2 is 0.660 bits per heavy atom. The van der Waals surface area contributed by atoms with Crippen LogP contribution in [0, 0.1) is 64.2 Å². The molecule has 2 aromatic carbocycles. The number of hydrogen-bond acceptors (Lipinski definition) is 3. The van der Waals surface area contributed by atoms with Crippen molar-refractivity contribution < 1.29 is 98.7 Å². The van der Waals surface area contributed by atoms with Crippen molar-refractivity contribution >= 4 is 38.8 Å². The van der Waals surface area contributed by atoms with Gasteiger partial charge < -0.3 is 14.2 Å². The molecule has 21 heteroatoms. The van der Waals surface area contributed by atoms with Gasteiger partial charge in [0.2, 0.25) is 0 Å². The Bertz CT molecular complexity index is 999. The van der Waals surface area contributed by atoms with Gasteiger partial charge in [0.05, 0.1) is 13.2 Å². The van der Waals surface area contributed by atoms with E-state index in [4.69, 9.17) is 37.4 Å². The number of benzene rings is 2. The monoisotopic (exact) mass is 858 g/mol. The van der Waals surface area contributed by atoms with E-state index < -0.39 is 15.6 Å². The molecule has 2 fully saturated rings. The number of hydrogen-bond donors (Lipinski definition) is 0. The zero-order chi connectivity index (χ0) is 34.8. The van der Waals surface area contributed by atoms with Gasteiger partial charge in [-0.3, -0.25) is 0 Å². The first-order valence-corrected chi connectivity index (χ1v) is 16.8. The average Bonchev–Trinajstić information content (AvgIpc) is 3.59. The Labute approximate surface area is 297 Å². The summed E-state index contributed by atoms with van der Waals surface area (Å²) in [7, 11) is -21.3. The minimum atomic E-state index is -10.7. The van der Waals surface area contributed by atoms with Crippen molar-refractivity contribution in [2.24, 2.45) is 0 Å². The van der Waals surface area contributed by atoms with E-state index in [1.807, 2.05) is 88.5 Å². The first-order valence-electron chi connectivity index (χ1n) is 11.9. The molecule has 0 bridgehead atoms. The molecule has 4 rings (SSSR count). The van der Waals surface area contributed by atoms with E-state index in [-0.39, 0.29) is 34.1 Å². The van der Waals surface area contributed by atoms with Crippen LogP contribution in [0.4, 0.5) is 50.4 Å². The fourth-order valence-electron chi connectivity index (χ4n) is 2.29. The van der Waals surface area contributed by atoms with Crippen LogP contribution in [0.5, 0.6) is 11.5 Å². The molecule has 0 heterocycles. The Morgan fingerprint density at radius 3 is 0.872 bits per heavy atom. The van der Waals surface area contributed by atoms with Crippen molar-refractivity contribution in [3.05, 3.63) is 123 Å². The molecule has 0 saturated heterocycles. The van der Waals surface area contributed by atoms with Crippen LogP contribution in [0.2, 0.25) is 10.0 Å². The van der Waals surface area contributed by atoms with Crippen LogP contribution < -0.4 is 9.47 Å². The molecular weight excluding hydrogens is 833 g/mol. The van der Waals surface area contributed by atoms with E-state index in [9.17, 15) is 50.4 Å². The molecule has 0 spiro atoms. The molecule has 270 valence electrons. The van der Waals surface area contributed by atoms with Gasteiger partial charge in [0.15, 0.2) is 0 Å². The minimum Gasteiger partial charge on any atom is -0.0312 e. The van der Waals surface area contributed by atoms with Crippen molar-refractivity contribution in [2.45, 2.75) is 0 Å². The smallest absolute Gasteiger partial charge is 0.0312 e. The van der Waals surface area contributed by atoms with E-state index in [1.165, 1.54) is 0 Å². The number of ether oxygens (including phenoxy) is 3. The van der Waals surface area contributed by atoms with Gasteiger partial charge in [-0.1, -0.05) is 35.3 Å². The molecule has 10 radical (unpaired) electrons. The van der Waals surface area contributed by atoms with Gasteiger partial charge in [-0.15, -0.1) is 0 Å². The Balaban J connectivity index is -0.000000609. The van der Waals surface area contributed by atoms with E-state index in [1.54, 1.807) is 24.3 Å². The van der Waals surface area contributed by atoms with Gasteiger partial charge in [0.1, 0.15) is 24.7 Å². The first-order chi connectivity index (χ1) is 20.1. The molecule has 0 amide bonds. The second-order valence-corrected chi connectivity index (χ2v) is 12.8. The SMILES string of the molecule is Clc1cccc(OCCOCCOc2cccc(Cl)c2)c1.F[P-](F)(F)(F)(F)F.F[P-](F)(F)(F)(F)F.[CH]1[CH][CH][CH][CH]1.[CH]1[CH][CH][CH][CH]1.[Fe+2].[Fe+2]. The van der Waals surface area contributed by atoms with Crippen molar-refractivity contribution in [3.63, 3.8) is 0 Å². The standard InChI is InChI=1S/C16H16Cl2O3.2C5H5.2F6P.2Fe/c17-13-3-1-5-15(11-13)20-9-7-19-8-10-21-16-6-2-4-14(18)12-16;2*1-2-4-5-3-1;2*1-7(2,3,4,5)6;;/h1-6,11-12H,7-10H2;2*1-5H;;;;/q;;;2*-1;2*+2. The van der Waals surface area contributed by atoms with Crippen LogP contribution in [0.1, 0.15) is 0 Å². The number of rotatable bonds is 8. The maximum absolute atomic E-state index is 10.7. The van der Waals surface area contributed by atoms with Crippen molar-refractivity contribution in [3.8, 4) is 11.5 Å². The molecule has 2 aliphatic rings. The van der Waals surface area contributed by atoms with E-state index in [0.29, 0.717) is 36.5 Å². The summed E-state index contributed by atoms with van der Waals surface area (Å²) in [6.07, 6.45) is 20.0. The van der Waals surface area contributed by atoms with Gasteiger partial charge in [-0.25, -0.2) is 0 Å². The maximum atomic E-state index is 9.87. The summed E-state index contributed by atoms with van der Waals surface area (Å²) >= 11 is 11.7. The zero-order valence-electron chi connectivity index (χ0n) is 23.3. The van der Waals surface area contributed by atoms with Crippen LogP contribution in [0.3, 0.4) is 0 Å². The van der Waals surface area contributed by atoms with Crippen LogP contribution in [0.15, 0.2) is 48.5 Å². The normalized spacial score (nSPS) is 16.6. The largest absolute Gasteiger partial charge is 2.00 e. The summed E-state index contributed by atoms with van der Waals surface area (Å²) < 4.78 is 135. The predicted molar refractivity (Wildman–Crippen MR) is 155 cm³/mol. The second-order valence-electron chi connectivity index (χ2n) is 8.07. The molecule has 0 unspecified atom stereocenters. The molecule has 0 aromatic heterocycles. The maximum Gasteiger partial charge on any atom is 2.00 e. The van der Waals surface area contributed by atoms with Gasteiger partial charge in [0.25, 0.3) is 0 Å². The van der Waals surface area contributed by atoms with E-state index in [0.717, 1.165) is 11.5 Å². The molecular formula is C26H26Cl2F12Fe2O3P2+2. The third-order valence-electron chi connectivity index (χ3n) is 3.70. The van der Waals surface area contributed by atoms with Gasteiger partial charge in [-0.05, 0) is 101 Å². The number of halogens is 14.